The van der Waals surface area contributed by atoms with Crippen molar-refractivity contribution in [1.29, 1.82) is 0 Å². The zero-order chi connectivity index (χ0) is 20.8. The Kier molecular flexibility index (Phi) is 4.55. The quantitative estimate of drug-likeness (QED) is 0.470. The lowest BCUT2D eigenvalue weighted by Crippen LogP contribution is -2.51. The van der Waals surface area contributed by atoms with Crippen LogP contribution >= 0.6 is 0 Å². The molecule has 0 saturated carbocycles. The highest BCUT2D eigenvalue weighted by molar-refractivity contribution is 5.95. The van der Waals surface area contributed by atoms with Crippen molar-refractivity contribution in [1.82, 2.24) is 10.2 Å². The second-order valence-corrected chi connectivity index (χ2v) is 7.86. The second-order valence-electron chi connectivity index (χ2n) is 7.86. The van der Waals surface area contributed by atoms with E-state index in [2.05, 4.69) is 15.5 Å². The Hall–Kier alpha value is -3.32. The maximum absolute atomic E-state index is 13.4. The van der Waals surface area contributed by atoms with Gasteiger partial charge < -0.3 is 20.6 Å². The van der Waals surface area contributed by atoms with E-state index >= 15 is 0 Å². The average molecular weight is 393 g/mol. The van der Waals surface area contributed by atoms with Crippen molar-refractivity contribution in [3.05, 3.63) is 81.3 Å². The van der Waals surface area contributed by atoms with Crippen molar-refractivity contribution < 1.29 is 15.0 Å². The van der Waals surface area contributed by atoms with Gasteiger partial charge >= 0.3 is 0 Å². The predicted octanol–water partition coefficient (Wildman–Crippen LogP) is 2.41. The molecule has 0 saturated heterocycles. The lowest BCUT2D eigenvalue weighted by molar-refractivity contribution is -0.130. The van der Waals surface area contributed by atoms with Gasteiger partial charge in [-0.05, 0) is 43.2 Å². The molecule has 0 fully saturated rings. The maximum atomic E-state index is 13.4. The van der Waals surface area contributed by atoms with Crippen LogP contribution < -0.4 is 10.9 Å². The van der Waals surface area contributed by atoms with Crippen LogP contribution in [-0.2, 0) is 11.2 Å². The van der Waals surface area contributed by atoms with Crippen LogP contribution in [0.5, 0.6) is 5.75 Å². The number of rotatable bonds is 3. The van der Waals surface area contributed by atoms with Gasteiger partial charge in [-0.15, -0.1) is 0 Å². The van der Waals surface area contributed by atoms with Gasteiger partial charge in [-0.25, -0.2) is 0 Å². The summed E-state index contributed by atoms with van der Waals surface area (Å²) < 4.78 is 0. The number of nitrogens with one attached hydrogen (secondary N) is 3. The lowest BCUT2D eigenvalue weighted by Gasteiger charge is -2.41. The molecular formula is C22H23N3O4. The molecule has 150 valence electrons. The molecule has 1 aliphatic rings. The van der Waals surface area contributed by atoms with Gasteiger partial charge in [-0.3, -0.25) is 14.7 Å². The van der Waals surface area contributed by atoms with Crippen LogP contribution in [0.3, 0.4) is 0 Å². The number of aromatic hydroxyl groups is 1. The van der Waals surface area contributed by atoms with Crippen LogP contribution in [0.25, 0.3) is 0 Å². The van der Waals surface area contributed by atoms with Gasteiger partial charge in [0.25, 0.3) is 5.56 Å². The summed E-state index contributed by atoms with van der Waals surface area (Å²) in [6.45, 7) is 3.50. The van der Waals surface area contributed by atoms with Crippen LogP contribution in [0, 0.1) is 12.8 Å². The SMILES string of the molecule is Cc1ccccc1NC(=O)C1C(c2ccc(O)cc2)c2c([nH][nH]c2=O)CC1(C)O. The first-order valence-corrected chi connectivity index (χ1v) is 9.45. The summed E-state index contributed by atoms with van der Waals surface area (Å²) in [5.41, 5.74) is 1.53. The molecule has 0 bridgehead atoms. The number of carbonyl (C=O) groups excluding carboxylic acids is 1. The number of phenols is 1. The van der Waals surface area contributed by atoms with Crippen LogP contribution in [-0.4, -0.2) is 31.9 Å². The number of phenolic OH excluding ortho intramolecular Hbond substituents is 1. The minimum Gasteiger partial charge on any atom is -0.508 e. The molecule has 1 aliphatic carbocycles. The second kappa shape index (κ2) is 6.93. The van der Waals surface area contributed by atoms with Crippen molar-refractivity contribution in [3.63, 3.8) is 0 Å². The number of aromatic nitrogens is 2. The minimum atomic E-state index is -1.40. The fourth-order valence-electron chi connectivity index (χ4n) is 4.26. The molecule has 0 aliphatic heterocycles. The Balaban J connectivity index is 1.83. The first kappa shape index (κ1) is 19.0. The average Bonchev–Trinajstić information content (AvgIpc) is 3.02. The Morgan fingerprint density at radius 3 is 2.52 bits per heavy atom. The number of anilines is 1. The Morgan fingerprint density at radius 1 is 1.14 bits per heavy atom. The topological polar surface area (TPSA) is 118 Å². The summed E-state index contributed by atoms with van der Waals surface area (Å²) in [5, 5.41) is 29.2. The van der Waals surface area contributed by atoms with E-state index < -0.39 is 17.4 Å². The number of fused-ring (bicyclic) bond motifs is 1. The fourth-order valence-corrected chi connectivity index (χ4v) is 4.26. The number of benzene rings is 2. The summed E-state index contributed by atoms with van der Waals surface area (Å²) in [6.07, 6.45) is 0.140. The van der Waals surface area contributed by atoms with E-state index in [4.69, 9.17) is 0 Å². The number of hydrogen-bond donors (Lipinski definition) is 5. The van der Waals surface area contributed by atoms with Gasteiger partial charge in [0.2, 0.25) is 5.91 Å². The summed E-state index contributed by atoms with van der Waals surface area (Å²) >= 11 is 0. The van der Waals surface area contributed by atoms with Crippen LogP contribution in [0.1, 0.15) is 35.2 Å². The van der Waals surface area contributed by atoms with E-state index in [1.54, 1.807) is 25.1 Å². The zero-order valence-electron chi connectivity index (χ0n) is 16.2. The minimum absolute atomic E-state index is 0.0837. The van der Waals surface area contributed by atoms with Gasteiger partial charge in [-0.1, -0.05) is 30.3 Å². The molecule has 3 unspecified atom stereocenters. The van der Waals surface area contributed by atoms with Crippen molar-refractivity contribution >= 4 is 11.6 Å². The highest BCUT2D eigenvalue weighted by Gasteiger charge is 2.50. The number of H-pyrrole nitrogens is 2. The van der Waals surface area contributed by atoms with Crippen molar-refractivity contribution in [3.8, 4) is 5.75 Å². The summed E-state index contributed by atoms with van der Waals surface area (Å²) in [7, 11) is 0. The number of hydrogen-bond acceptors (Lipinski definition) is 4. The van der Waals surface area contributed by atoms with Gasteiger partial charge in [-0.2, -0.15) is 0 Å². The largest absolute Gasteiger partial charge is 0.508 e. The van der Waals surface area contributed by atoms with Crippen molar-refractivity contribution in [2.75, 3.05) is 5.32 Å². The number of aromatic amines is 2. The highest BCUT2D eigenvalue weighted by Crippen LogP contribution is 2.44. The van der Waals surface area contributed by atoms with E-state index in [0.717, 1.165) is 5.56 Å². The molecule has 1 heterocycles. The third-order valence-corrected chi connectivity index (χ3v) is 5.68. The number of carbonyl (C=O) groups is 1. The van der Waals surface area contributed by atoms with E-state index in [0.29, 0.717) is 22.5 Å². The Labute approximate surface area is 167 Å². The van der Waals surface area contributed by atoms with Crippen LogP contribution in [0.2, 0.25) is 0 Å². The van der Waals surface area contributed by atoms with E-state index in [-0.39, 0.29) is 23.6 Å². The third kappa shape index (κ3) is 3.34. The Bertz CT molecular complexity index is 1110. The van der Waals surface area contributed by atoms with Gasteiger partial charge in [0.05, 0.1) is 11.5 Å². The molecule has 29 heavy (non-hydrogen) atoms. The molecule has 0 spiro atoms. The molecular weight excluding hydrogens is 370 g/mol. The van der Waals surface area contributed by atoms with E-state index in [1.807, 2.05) is 25.1 Å². The van der Waals surface area contributed by atoms with Crippen molar-refractivity contribution in [2.45, 2.75) is 31.8 Å². The molecule has 7 nitrogen and oxygen atoms in total. The molecule has 7 heteroatoms. The predicted molar refractivity (Wildman–Crippen MR) is 109 cm³/mol. The molecule has 3 aromatic rings. The number of aliphatic hydroxyl groups is 1. The molecule has 3 atom stereocenters. The number of aryl methyl sites for hydroxylation is 1. The smallest absolute Gasteiger partial charge is 0.267 e. The Morgan fingerprint density at radius 2 is 1.83 bits per heavy atom. The molecule has 5 N–H and O–H groups in total. The van der Waals surface area contributed by atoms with Gasteiger partial charge in [0.1, 0.15) is 5.75 Å². The summed E-state index contributed by atoms with van der Waals surface area (Å²) in [6, 6.07) is 13.8. The zero-order valence-corrected chi connectivity index (χ0v) is 16.2. The number of amides is 1. The van der Waals surface area contributed by atoms with E-state index in [1.165, 1.54) is 12.1 Å². The summed E-state index contributed by atoms with van der Waals surface area (Å²) in [5.74, 6) is -1.86. The van der Waals surface area contributed by atoms with Gasteiger partial charge in [0.15, 0.2) is 0 Å². The highest BCUT2D eigenvalue weighted by atomic mass is 16.3. The fraction of sp³-hybridized carbons (Fsp3) is 0.273. The first-order valence-electron chi connectivity index (χ1n) is 9.45. The standard InChI is InChI=1S/C22H23N3O4/c1-12-5-3-4-6-15(12)23-21(28)19-17(13-7-9-14(26)10-8-13)18-16(11-22(19,2)29)24-25-20(18)27/h3-10,17,19,26,29H,11H2,1-2H3,(H,23,28)(H2,24,25,27). The molecule has 4 rings (SSSR count). The number of para-hydroxylation sites is 1. The van der Waals surface area contributed by atoms with Crippen LogP contribution in [0.15, 0.2) is 53.3 Å². The lowest BCUT2D eigenvalue weighted by atomic mass is 9.66. The monoisotopic (exact) mass is 393 g/mol. The molecule has 1 amide bonds. The molecule has 2 aromatic carbocycles. The maximum Gasteiger partial charge on any atom is 0.267 e. The van der Waals surface area contributed by atoms with E-state index in [9.17, 15) is 19.8 Å². The van der Waals surface area contributed by atoms with Crippen LogP contribution in [0.4, 0.5) is 5.69 Å². The first-order chi connectivity index (χ1) is 13.8. The molecule has 1 aromatic heterocycles. The molecule has 0 radical (unpaired) electrons. The normalized spacial score (nSPS) is 23.4. The van der Waals surface area contributed by atoms with Crippen molar-refractivity contribution in [2.24, 2.45) is 5.92 Å². The van der Waals surface area contributed by atoms with Gasteiger partial charge in [0, 0.05) is 29.3 Å². The summed E-state index contributed by atoms with van der Waals surface area (Å²) in [4.78, 5) is 25.9. The third-order valence-electron chi connectivity index (χ3n) is 5.68.